The van der Waals surface area contributed by atoms with Crippen LogP contribution in [0.5, 0.6) is 23.0 Å². The first-order chi connectivity index (χ1) is 17.1. The molecule has 2 N–H and O–H groups in total. The van der Waals surface area contributed by atoms with Crippen molar-refractivity contribution in [3.8, 4) is 23.0 Å². The van der Waals surface area contributed by atoms with E-state index in [4.69, 9.17) is 18.9 Å². The Kier molecular flexibility index (Phi) is 7.45. The predicted molar refractivity (Wildman–Crippen MR) is 136 cm³/mol. The minimum Gasteiger partial charge on any atom is -0.497 e. The van der Waals surface area contributed by atoms with E-state index in [1.807, 2.05) is 66.9 Å². The van der Waals surface area contributed by atoms with Gasteiger partial charge in [-0.1, -0.05) is 24.3 Å². The fourth-order valence-electron chi connectivity index (χ4n) is 4.32. The summed E-state index contributed by atoms with van der Waals surface area (Å²) in [6, 6.07) is 19.2. The number of hydrogen-bond acceptors (Lipinski definition) is 5. The maximum atomic E-state index is 13.2. The van der Waals surface area contributed by atoms with Gasteiger partial charge in [0.1, 0.15) is 23.0 Å². The Morgan fingerprint density at radius 3 is 2.23 bits per heavy atom. The summed E-state index contributed by atoms with van der Waals surface area (Å²) >= 11 is 0. The van der Waals surface area contributed by atoms with Gasteiger partial charge in [-0.15, -0.1) is 0 Å². The number of rotatable bonds is 10. The Labute approximate surface area is 205 Å². The summed E-state index contributed by atoms with van der Waals surface area (Å²) in [5, 5.41) is 3.99. The Morgan fingerprint density at radius 1 is 0.829 bits per heavy atom. The van der Waals surface area contributed by atoms with Crippen LogP contribution in [0.4, 0.5) is 0 Å². The molecule has 7 heteroatoms. The lowest BCUT2D eigenvalue weighted by molar-refractivity contribution is -0.121. The number of carbonyl (C=O) groups is 1. The maximum absolute atomic E-state index is 13.2. The Bertz CT molecular complexity index is 1300. The third-order valence-electron chi connectivity index (χ3n) is 6.15. The molecular formula is C28H30N2O5. The molecule has 4 rings (SSSR count). The van der Waals surface area contributed by atoms with E-state index in [-0.39, 0.29) is 18.2 Å². The molecule has 1 heterocycles. The van der Waals surface area contributed by atoms with Crippen LogP contribution in [0, 0.1) is 0 Å². The molecule has 7 nitrogen and oxygen atoms in total. The van der Waals surface area contributed by atoms with Crippen molar-refractivity contribution >= 4 is 16.8 Å². The van der Waals surface area contributed by atoms with Gasteiger partial charge in [0.05, 0.1) is 28.4 Å². The highest BCUT2D eigenvalue weighted by molar-refractivity contribution is 5.91. The third kappa shape index (κ3) is 5.19. The number of aromatic amines is 1. The van der Waals surface area contributed by atoms with Gasteiger partial charge in [0.25, 0.3) is 0 Å². The first kappa shape index (κ1) is 24.0. The van der Waals surface area contributed by atoms with E-state index >= 15 is 0 Å². The van der Waals surface area contributed by atoms with E-state index in [0.717, 1.165) is 39.1 Å². The summed E-state index contributed by atoms with van der Waals surface area (Å²) in [5.74, 6) is 2.51. The van der Waals surface area contributed by atoms with E-state index in [1.54, 1.807) is 28.4 Å². The van der Waals surface area contributed by atoms with Crippen LogP contribution in [0.1, 0.15) is 29.0 Å². The van der Waals surface area contributed by atoms with Gasteiger partial charge in [-0.3, -0.25) is 4.79 Å². The number of carbonyl (C=O) groups excluding carboxylic acids is 1. The van der Waals surface area contributed by atoms with Crippen LogP contribution < -0.4 is 24.3 Å². The van der Waals surface area contributed by atoms with Crippen LogP contribution in [0.25, 0.3) is 10.9 Å². The molecule has 0 spiro atoms. The normalized spacial score (nSPS) is 11.7. The van der Waals surface area contributed by atoms with Gasteiger partial charge in [-0.2, -0.15) is 0 Å². The minimum absolute atomic E-state index is 0.0760. The third-order valence-corrected chi connectivity index (χ3v) is 6.15. The second-order valence-corrected chi connectivity index (χ2v) is 8.12. The average Bonchev–Trinajstić information content (AvgIpc) is 3.34. The van der Waals surface area contributed by atoms with Gasteiger partial charge >= 0.3 is 0 Å². The maximum Gasteiger partial charge on any atom is 0.221 e. The van der Waals surface area contributed by atoms with Crippen molar-refractivity contribution < 1.29 is 23.7 Å². The summed E-state index contributed by atoms with van der Waals surface area (Å²) < 4.78 is 21.9. The van der Waals surface area contributed by atoms with E-state index in [2.05, 4.69) is 10.3 Å². The Hall–Kier alpha value is -4.13. The highest BCUT2D eigenvalue weighted by atomic mass is 16.5. The highest BCUT2D eigenvalue weighted by Crippen LogP contribution is 2.41. The lowest BCUT2D eigenvalue weighted by Crippen LogP contribution is -2.25. The van der Waals surface area contributed by atoms with Gasteiger partial charge in [0.15, 0.2) is 0 Å². The second kappa shape index (κ2) is 10.9. The van der Waals surface area contributed by atoms with Crippen molar-refractivity contribution in [1.29, 1.82) is 0 Å². The van der Waals surface area contributed by atoms with Crippen molar-refractivity contribution in [2.75, 3.05) is 28.4 Å². The standard InChI is InChI=1S/C28H30N2O5/c1-32-19-10-8-18(9-11-19)16-30-27(31)15-22(21-13-12-20(33-2)14-26(21)35-4)23-17-29-24-6-5-7-25(34-3)28(23)24/h5-14,17,22,29H,15-16H2,1-4H3,(H,30,31)/t22-/m1/s1. The number of amides is 1. The summed E-state index contributed by atoms with van der Waals surface area (Å²) in [7, 11) is 6.51. The molecule has 0 saturated carbocycles. The van der Waals surface area contributed by atoms with Crippen LogP contribution >= 0.6 is 0 Å². The van der Waals surface area contributed by atoms with E-state index in [1.165, 1.54) is 0 Å². The summed E-state index contributed by atoms with van der Waals surface area (Å²) in [4.78, 5) is 16.5. The van der Waals surface area contributed by atoms with Crippen molar-refractivity contribution in [1.82, 2.24) is 10.3 Å². The Balaban J connectivity index is 1.68. The van der Waals surface area contributed by atoms with Crippen LogP contribution in [0.3, 0.4) is 0 Å². The molecule has 0 aliphatic carbocycles. The van der Waals surface area contributed by atoms with Gasteiger partial charge in [0.2, 0.25) is 5.91 Å². The summed E-state index contributed by atoms with van der Waals surface area (Å²) in [5.41, 5.74) is 3.78. The highest BCUT2D eigenvalue weighted by Gasteiger charge is 2.26. The molecular weight excluding hydrogens is 444 g/mol. The fourth-order valence-corrected chi connectivity index (χ4v) is 4.32. The molecule has 0 bridgehead atoms. The molecule has 0 aliphatic heterocycles. The SMILES string of the molecule is COc1ccc(CNC(=O)C[C@H](c2ccc(OC)cc2OC)c2c[nH]c3cccc(OC)c23)cc1. The molecule has 1 atom stereocenters. The average molecular weight is 475 g/mol. The lowest BCUT2D eigenvalue weighted by Gasteiger charge is -2.21. The van der Waals surface area contributed by atoms with Crippen molar-refractivity contribution in [3.05, 3.63) is 83.6 Å². The quantitative estimate of drug-likeness (QED) is 0.337. The van der Waals surface area contributed by atoms with Gasteiger partial charge in [-0.25, -0.2) is 0 Å². The smallest absolute Gasteiger partial charge is 0.221 e. The first-order valence-electron chi connectivity index (χ1n) is 11.3. The first-order valence-corrected chi connectivity index (χ1v) is 11.3. The number of ether oxygens (including phenoxy) is 4. The van der Waals surface area contributed by atoms with Crippen molar-refractivity contribution in [2.45, 2.75) is 18.9 Å². The molecule has 1 aromatic heterocycles. The fraction of sp³-hybridized carbons (Fsp3) is 0.250. The van der Waals surface area contributed by atoms with E-state index < -0.39 is 0 Å². The van der Waals surface area contributed by atoms with Crippen LogP contribution in [-0.2, 0) is 11.3 Å². The van der Waals surface area contributed by atoms with E-state index in [9.17, 15) is 4.79 Å². The number of H-pyrrole nitrogens is 1. The number of benzene rings is 3. The molecule has 0 radical (unpaired) electrons. The molecule has 0 aliphatic rings. The van der Waals surface area contributed by atoms with Gasteiger partial charge in [-0.05, 0) is 41.5 Å². The van der Waals surface area contributed by atoms with E-state index in [0.29, 0.717) is 18.0 Å². The molecule has 1 amide bonds. The van der Waals surface area contributed by atoms with Crippen LogP contribution in [0.15, 0.2) is 66.9 Å². The molecule has 35 heavy (non-hydrogen) atoms. The monoisotopic (exact) mass is 474 g/mol. The van der Waals surface area contributed by atoms with Crippen LogP contribution in [0.2, 0.25) is 0 Å². The molecule has 0 unspecified atom stereocenters. The van der Waals surface area contributed by atoms with Crippen molar-refractivity contribution in [2.24, 2.45) is 0 Å². The topological polar surface area (TPSA) is 81.8 Å². The predicted octanol–water partition coefficient (Wildman–Crippen LogP) is 5.04. The lowest BCUT2D eigenvalue weighted by atomic mass is 9.87. The largest absolute Gasteiger partial charge is 0.497 e. The molecule has 0 fully saturated rings. The number of nitrogens with one attached hydrogen (secondary N) is 2. The summed E-state index contributed by atoms with van der Waals surface area (Å²) in [6.45, 7) is 0.423. The number of methoxy groups -OCH3 is 4. The Morgan fingerprint density at radius 2 is 1.54 bits per heavy atom. The number of aromatic nitrogens is 1. The summed E-state index contributed by atoms with van der Waals surface area (Å²) in [6.07, 6.45) is 2.17. The minimum atomic E-state index is -0.281. The van der Waals surface area contributed by atoms with Crippen LogP contribution in [-0.4, -0.2) is 39.3 Å². The molecule has 4 aromatic rings. The number of hydrogen-bond donors (Lipinski definition) is 2. The molecule has 0 saturated heterocycles. The number of fused-ring (bicyclic) bond motifs is 1. The zero-order valence-corrected chi connectivity index (χ0v) is 20.4. The zero-order valence-electron chi connectivity index (χ0n) is 20.4. The zero-order chi connectivity index (χ0) is 24.8. The molecule has 3 aromatic carbocycles. The molecule has 182 valence electrons. The van der Waals surface area contributed by atoms with Gasteiger partial charge in [0, 0.05) is 47.6 Å². The van der Waals surface area contributed by atoms with Gasteiger partial charge < -0.3 is 29.2 Å². The van der Waals surface area contributed by atoms with Crippen molar-refractivity contribution in [3.63, 3.8) is 0 Å². The second-order valence-electron chi connectivity index (χ2n) is 8.12.